The van der Waals surface area contributed by atoms with Crippen molar-refractivity contribution in [1.29, 1.82) is 0 Å². The van der Waals surface area contributed by atoms with Gasteiger partial charge in [-0.3, -0.25) is 9.69 Å². The van der Waals surface area contributed by atoms with Crippen LogP contribution in [0.25, 0.3) is 54.5 Å². The van der Waals surface area contributed by atoms with Gasteiger partial charge in [-0.25, -0.2) is 22.4 Å². The number of methoxy groups -OCH3 is 4. The normalized spacial score (nSPS) is 16.7. The minimum Gasteiger partial charge on any atom is -0.497 e. The minimum atomic E-state index is -3.37. The molecule has 0 bridgehead atoms. The molecule has 0 saturated carbocycles. The Hall–Kier alpha value is -12.1. The second kappa shape index (κ2) is 41.6. The fourth-order valence-electron chi connectivity index (χ4n) is 19.4. The lowest BCUT2D eigenvalue weighted by Gasteiger charge is -2.36. The lowest BCUT2D eigenvalue weighted by molar-refractivity contribution is -0.137. The van der Waals surface area contributed by atoms with E-state index in [2.05, 4.69) is 126 Å². The highest BCUT2D eigenvalue weighted by atomic mass is 79.9. The number of halogens is 6. The number of benzene rings is 11. The number of sulfonamides is 1. The second-order valence-electron chi connectivity index (χ2n) is 34.2. The molecule has 5 unspecified atom stereocenters. The molecule has 11 aromatic carbocycles. The van der Waals surface area contributed by atoms with Gasteiger partial charge in [0.1, 0.15) is 35.7 Å². The van der Waals surface area contributed by atoms with Crippen LogP contribution in [0.3, 0.4) is 0 Å². The lowest BCUT2D eigenvalue weighted by Crippen LogP contribution is -2.45. The fraction of sp³-hybridized carbons (Fsp3) is 0.262. The van der Waals surface area contributed by atoms with Gasteiger partial charge in [0, 0.05) is 154 Å². The van der Waals surface area contributed by atoms with E-state index in [1.165, 1.54) is 50.4 Å². The lowest BCUT2D eigenvalue weighted by atomic mass is 9.91. The van der Waals surface area contributed by atoms with Gasteiger partial charge in [-0.15, -0.1) is 0 Å². The highest BCUT2D eigenvalue weighted by molar-refractivity contribution is 9.10. The van der Waals surface area contributed by atoms with E-state index in [0.29, 0.717) is 68.1 Å². The van der Waals surface area contributed by atoms with Crippen molar-refractivity contribution in [3.8, 4) is 17.2 Å². The molecule has 0 saturated heterocycles. The third-order valence-corrected chi connectivity index (χ3v) is 29.3. The molecule has 696 valence electrons. The smallest absolute Gasteiger partial charge is 0.410 e. The van der Waals surface area contributed by atoms with Crippen LogP contribution < -0.4 is 24.8 Å². The molecule has 135 heavy (non-hydrogen) atoms. The van der Waals surface area contributed by atoms with E-state index in [1.807, 2.05) is 174 Å². The van der Waals surface area contributed by atoms with Crippen LogP contribution in [0, 0.1) is 5.82 Å². The topological polar surface area (TPSA) is 247 Å². The van der Waals surface area contributed by atoms with Crippen molar-refractivity contribution in [1.82, 2.24) is 54.6 Å². The summed E-state index contributed by atoms with van der Waals surface area (Å²) < 4.78 is 68.3. The summed E-state index contributed by atoms with van der Waals surface area (Å²) in [5.41, 5.74) is 24.0. The zero-order valence-corrected chi connectivity index (χ0v) is 81.4. The average Bonchev–Trinajstić information content (AvgIpc) is 1.61. The van der Waals surface area contributed by atoms with Crippen LogP contribution in [-0.2, 0) is 62.9 Å². The molecule has 21 rings (SSSR count). The standard InChI is InChI=1S/C26H24ClN3O2.C23H25BrN2O2.C21H21FN2O3.C20H21ClN2O3S.C17H14Cl2N2/c1-32-20-10-7-18(8-11-20)25-24-21(22-15-19(27)9-12-23(22)29-24)13-14-30(25)26(31)28-16-17-5-3-2-4-6-17;1-14(2)15-4-6-16(7-5-15)23-22-18(10-11-26(23)21(27)13-28-3)19-12-17(24)8-9-20(19)25-22;1-3-27-21(25)24-11-10-16-17-12-14(22)6-9-18(17)23-19(16)20(24)13-4-7-15(26-2)8-5-13;1-3-27(24,25)23-11-10-16-17-12-14(21)6-9-18(17)22-19(16)20(23)13-4-7-15(26-2)8-5-13;18-11-3-1-10(2-4-11)16-17-13(7-8-20-16)14-9-12(19)5-6-15(14)21-17/h2-12,15,25,29H,13-14,16H2,1H3,(H,28,31);4-9,12,14,23,25H,10-11,13H2,1-3H3;4-9,12,20,23H,3,10-11H2,1-2H3;4-9,12,20,22H,3,10-11H2,1-2H3;1-6,9,16,20-21H,7-8H2. The number of hydrogen-bond acceptors (Lipinski definition) is 11. The first kappa shape index (κ1) is 94.7. The maximum Gasteiger partial charge on any atom is 0.410 e. The minimum absolute atomic E-state index is 0.0194. The monoisotopic (exact) mass is 1970 g/mol. The van der Waals surface area contributed by atoms with E-state index in [9.17, 15) is 27.2 Å². The van der Waals surface area contributed by atoms with Gasteiger partial charge >= 0.3 is 12.1 Å². The Bertz CT molecular complexity index is 7100. The number of rotatable bonds is 16. The Morgan fingerprint density at radius 1 is 0.452 bits per heavy atom. The maximum absolute atomic E-state index is 13.8. The number of carbonyl (C=O) groups is 3. The molecular formula is C107H105BrCl4FN11O10S. The van der Waals surface area contributed by atoms with Gasteiger partial charge in [0.05, 0.1) is 57.9 Å². The van der Waals surface area contributed by atoms with E-state index in [0.717, 1.165) is 163 Å². The Morgan fingerprint density at radius 3 is 1.33 bits per heavy atom. The summed E-state index contributed by atoms with van der Waals surface area (Å²) in [7, 11) is 3.08. The molecule has 5 aromatic heterocycles. The van der Waals surface area contributed by atoms with Gasteiger partial charge in [-0.05, 0) is 258 Å². The highest BCUT2D eigenvalue weighted by Gasteiger charge is 2.41. The number of aromatic amines is 5. The van der Waals surface area contributed by atoms with Crippen molar-refractivity contribution >= 4 is 145 Å². The summed E-state index contributed by atoms with van der Waals surface area (Å²) in [4.78, 5) is 61.9. The van der Waals surface area contributed by atoms with Crippen molar-refractivity contribution in [3.63, 3.8) is 0 Å². The van der Waals surface area contributed by atoms with Gasteiger partial charge < -0.3 is 69.0 Å². The van der Waals surface area contributed by atoms with Gasteiger partial charge in [-0.2, -0.15) is 4.31 Å². The third-order valence-electron chi connectivity index (χ3n) is 26.0. The Kier molecular flexibility index (Phi) is 29.2. The number of carbonyl (C=O) groups excluding carboxylic acids is 3. The molecule has 21 nitrogen and oxygen atoms in total. The highest BCUT2D eigenvalue weighted by Crippen LogP contribution is 2.47. The molecule has 0 radical (unpaired) electrons. The third kappa shape index (κ3) is 20.2. The largest absolute Gasteiger partial charge is 0.497 e. The maximum atomic E-state index is 13.8. The molecule has 0 aliphatic carbocycles. The summed E-state index contributed by atoms with van der Waals surface area (Å²) in [6, 6.07) is 77.4. The number of H-pyrrole nitrogens is 5. The van der Waals surface area contributed by atoms with Crippen molar-refractivity contribution < 1.29 is 50.9 Å². The number of hydrogen-bond donors (Lipinski definition) is 7. The number of nitrogens with one attached hydrogen (secondary N) is 7. The molecule has 28 heteroatoms. The molecule has 5 atom stereocenters. The van der Waals surface area contributed by atoms with Gasteiger partial charge in [0.15, 0.2) is 0 Å². The summed E-state index contributed by atoms with van der Waals surface area (Å²) in [6.07, 6.45) is 3.56. The second-order valence-corrected chi connectivity index (χ2v) is 39.1. The molecular weight excluding hydrogens is 1870 g/mol. The zero-order chi connectivity index (χ0) is 94.5. The molecule has 7 N–H and O–H groups in total. The van der Waals surface area contributed by atoms with Crippen molar-refractivity contribution in [3.05, 3.63) is 368 Å². The van der Waals surface area contributed by atoms with Crippen LogP contribution in [0.15, 0.2) is 247 Å². The Morgan fingerprint density at radius 2 is 0.852 bits per heavy atom. The van der Waals surface area contributed by atoms with E-state index in [1.54, 1.807) is 63.6 Å². The number of nitrogens with zero attached hydrogens (tertiary/aromatic N) is 4. The number of urea groups is 1. The zero-order valence-electron chi connectivity index (χ0n) is 76.0. The fourth-order valence-corrected chi connectivity index (χ4v) is 21.6. The van der Waals surface area contributed by atoms with Crippen LogP contribution >= 0.6 is 62.3 Å². The van der Waals surface area contributed by atoms with Gasteiger partial charge in [0.25, 0.3) is 0 Å². The van der Waals surface area contributed by atoms with Crippen LogP contribution in [0.4, 0.5) is 14.0 Å². The van der Waals surface area contributed by atoms with Crippen molar-refractivity contribution in [2.45, 2.75) is 102 Å². The van der Waals surface area contributed by atoms with Crippen LogP contribution in [0.2, 0.25) is 20.1 Å². The predicted octanol–water partition coefficient (Wildman–Crippen LogP) is 24.1. The molecule has 4 amide bonds. The molecule has 5 aliphatic heterocycles. The number of fused-ring (bicyclic) bond motifs is 15. The van der Waals surface area contributed by atoms with E-state index >= 15 is 0 Å². The van der Waals surface area contributed by atoms with E-state index in [4.69, 9.17) is 70.1 Å². The summed E-state index contributed by atoms with van der Waals surface area (Å²) in [5.74, 6) is 2.57. The first-order chi connectivity index (χ1) is 65.4. The molecule has 0 fully saturated rings. The van der Waals surface area contributed by atoms with Gasteiger partial charge in [-0.1, -0.05) is 179 Å². The number of amides is 4. The average molecular weight is 1980 g/mol. The number of aromatic nitrogens is 5. The SMILES string of the molecule is CCOC(=O)N1CCc2c([nH]c3ccc(F)cc23)C1c1ccc(OC)cc1.CCS(=O)(=O)N1CCc2c([nH]c3ccc(Cl)cc23)C1c1ccc(OC)cc1.COCC(=O)N1CCc2c([nH]c3ccc(Br)cc23)C1c1ccc(C(C)C)cc1.COc1ccc(C2c3[nH]c4ccc(Cl)cc4c3CCN2C(=O)NCc2ccccc2)cc1.Clc1ccc(C2NCCc3c2[nH]c2ccc(Cl)cc32)cc1. The van der Waals surface area contributed by atoms with Crippen molar-refractivity contribution in [2.75, 3.05) is 80.1 Å². The van der Waals surface area contributed by atoms with E-state index < -0.39 is 16.1 Å². The van der Waals surface area contributed by atoms with Crippen LogP contribution in [0.5, 0.6) is 17.2 Å². The molecule has 0 spiro atoms. The van der Waals surface area contributed by atoms with E-state index in [-0.39, 0.29) is 60.4 Å². The van der Waals surface area contributed by atoms with Crippen molar-refractivity contribution in [2.24, 2.45) is 0 Å². The molecule has 10 heterocycles. The summed E-state index contributed by atoms with van der Waals surface area (Å²) in [6.45, 7) is 12.0. The first-order valence-electron chi connectivity index (χ1n) is 45.2. The summed E-state index contributed by atoms with van der Waals surface area (Å²) in [5, 5.41) is 15.1. The number of ether oxygens (including phenoxy) is 5. The quantitative estimate of drug-likeness (QED) is 0.0479. The summed E-state index contributed by atoms with van der Waals surface area (Å²) >= 11 is 28.2. The van der Waals surface area contributed by atoms with Crippen LogP contribution in [-0.4, -0.2) is 151 Å². The predicted molar refractivity (Wildman–Crippen MR) is 540 cm³/mol. The Balaban J connectivity index is 0.000000118. The Labute approximate surface area is 812 Å². The molecule has 16 aromatic rings. The van der Waals surface area contributed by atoms with Gasteiger partial charge in [0.2, 0.25) is 15.9 Å². The molecule has 5 aliphatic rings. The first-order valence-corrected chi connectivity index (χ1v) is 49.1. The van der Waals surface area contributed by atoms with Crippen LogP contribution in [0.1, 0.15) is 159 Å².